The van der Waals surface area contributed by atoms with E-state index in [1.54, 1.807) is 0 Å². The predicted octanol–water partition coefficient (Wildman–Crippen LogP) is 0.588. The second-order valence-electron chi connectivity index (χ2n) is 4.54. The normalized spacial score (nSPS) is 18.5. The number of hydrogen-bond acceptors (Lipinski definition) is 5. The zero-order valence-electron chi connectivity index (χ0n) is 9.60. The first kappa shape index (κ1) is 12.3. The Morgan fingerprint density at radius 2 is 2.12 bits per heavy atom. The highest BCUT2D eigenvalue weighted by Gasteiger charge is 2.36. The van der Waals surface area contributed by atoms with Crippen LogP contribution in [-0.2, 0) is 10.0 Å². The fraction of sp³-hybridized carbons (Fsp3) is 0.500. The van der Waals surface area contributed by atoms with Gasteiger partial charge in [0.15, 0.2) is 0 Å². The first-order valence-corrected chi connectivity index (χ1v) is 6.90. The summed E-state index contributed by atoms with van der Waals surface area (Å²) in [6, 6.07) is 3.00. The lowest BCUT2D eigenvalue weighted by Gasteiger charge is -2.38. The second-order valence-corrected chi connectivity index (χ2v) is 6.23. The van der Waals surface area contributed by atoms with Crippen LogP contribution in [0, 0.1) is 0 Å². The molecule has 1 aromatic heterocycles. The number of nitrogen functional groups attached to an aromatic ring is 1. The van der Waals surface area contributed by atoms with Crippen molar-refractivity contribution in [2.75, 3.05) is 5.43 Å². The van der Waals surface area contributed by atoms with Gasteiger partial charge in [-0.3, -0.25) is 0 Å². The molecule has 0 radical (unpaired) electrons. The van der Waals surface area contributed by atoms with E-state index in [0.717, 1.165) is 19.3 Å². The third kappa shape index (κ3) is 2.56. The lowest BCUT2D eigenvalue weighted by molar-refractivity contribution is 0.248. The Hall–Kier alpha value is -1.18. The van der Waals surface area contributed by atoms with Crippen molar-refractivity contribution in [3.05, 3.63) is 18.3 Å². The van der Waals surface area contributed by atoms with Crippen LogP contribution in [0.3, 0.4) is 0 Å². The molecule has 1 aromatic rings. The summed E-state index contributed by atoms with van der Waals surface area (Å²) in [7, 11) is -3.48. The van der Waals surface area contributed by atoms with Gasteiger partial charge in [0.05, 0.1) is 0 Å². The number of pyridine rings is 1. The molecular formula is C10H16N4O2S. The van der Waals surface area contributed by atoms with E-state index < -0.39 is 10.0 Å². The number of hydrogen-bond donors (Lipinski definition) is 3. The quantitative estimate of drug-likeness (QED) is 0.541. The number of nitrogens with one attached hydrogen (secondary N) is 2. The van der Waals surface area contributed by atoms with Crippen LogP contribution in [-0.4, -0.2) is 18.9 Å². The lowest BCUT2D eigenvalue weighted by Crippen LogP contribution is -2.50. The summed E-state index contributed by atoms with van der Waals surface area (Å²) in [5.41, 5.74) is 2.05. The molecule has 0 amide bonds. The van der Waals surface area contributed by atoms with Gasteiger partial charge in [0.25, 0.3) is 0 Å². The van der Waals surface area contributed by atoms with E-state index in [9.17, 15) is 8.42 Å². The number of nitrogens with two attached hydrogens (primary N) is 1. The zero-order chi connectivity index (χ0) is 12.5. The molecular weight excluding hydrogens is 240 g/mol. The van der Waals surface area contributed by atoms with Gasteiger partial charge in [-0.2, -0.15) is 0 Å². The molecule has 0 bridgehead atoms. The number of hydrazine groups is 1. The van der Waals surface area contributed by atoms with Crippen molar-refractivity contribution < 1.29 is 8.42 Å². The first-order valence-electron chi connectivity index (χ1n) is 5.42. The Bertz CT molecular complexity index is 494. The lowest BCUT2D eigenvalue weighted by atomic mass is 9.80. The molecule has 2 rings (SSSR count). The van der Waals surface area contributed by atoms with Gasteiger partial charge in [-0.25, -0.2) is 24.0 Å². The number of anilines is 1. The fourth-order valence-electron chi connectivity index (χ4n) is 1.82. The largest absolute Gasteiger partial charge is 0.308 e. The Balaban J connectivity index is 2.19. The van der Waals surface area contributed by atoms with Crippen LogP contribution >= 0.6 is 0 Å². The minimum atomic E-state index is -3.48. The maximum Gasteiger partial charge on any atom is 0.242 e. The van der Waals surface area contributed by atoms with Crippen molar-refractivity contribution in [3.8, 4) is 0 Å². The molecule has 0 aromatic carbocycles. The molecule has 0 atom stereocenters. The molecule has 0 saturated heterocycles. The molecule has 94 valence electrons. The zero-order valence-corrected chi connectivity index (χ0v) is 10.4. The maximum atomic E-state index is 12.0. The Morgan fingerprint density at radius 1 is 1.41 bits per heavy atom. The van der Waals surface area contributed by atoms with Gasteiger partial charge >= 0.3 is 0 Å². The highest BCUT2D eigenvalue weighted by molar-refractivity contribution is 7.89. The summed E-state index contributed by atoms with van der Waals surface area (Å²) in [5, 5.41) is 0. The number of aromatic nitrogens is 1. The summed E-state index contributed by atoms with van der Waals surface area (Å²) in [6.45, 7) is 1.91. The fourth-order valence-corrected chi connectivity index (χ4v) is 3.23. The van der Waals surface area contributed by atoms with E-state index in [-0.39, 0.29) is 10.4 Å². The molecule has 4 N–H and O–H groups in total. The minimum absolute atomic E-state index is 0.157. The van der Waals surface area contributed by atoms with Crippen LogP contribution in [0.25, 0.3) is 0 Å². The van der Waals surface area contributed by atoms with Crippen LogP contribution < -0.4 is 16.0 Å². The Kier molecular flexibility index (Phi) is 3.07. The second kappa shape index (κ2) is 4.25. The van der Waals surface area contributed by atoms with Crippen molar-refractivity contribution in [1.29, 1.82) is 0 Å². The molecule has 1 aliphatic rings. The molecule has 1 aliphatic carbocycles. The van der Waals surface area contributed by atoms with Crippen LogP contribution in [0.5, 0.6) is 0 Å². The molecule has 0 unspecified atom stereocenters. The van der Waals surface area contributed by atoms with Gasteiger partial charge in [0.2, 0.25) is 10.0 Å². The molecule has 6 nitrogen and oxygen atoms in total. The Morgan fingerprint density at radius 3 is 2.53 bits per heavy atom. The molecule has 7 heteroatoms. The van der Waals surface area contributed by atoms with Gasteiger partial charge in [-0.15, -0.1) is 0 Å². The predicted molar refractivity (Wildman–Crippen MR) is 64.6 cm³/mol. The number of rotatable bonds is 4. The van der Waals surface area contributed by atoms with E-state index in [0.29, 0.717) is 5.82 Å². The summed E-state index contributed by atoms with van der Waals surface area (Å²) >= 11 is 0. The van der Waals surface area contributed by atoms with Crippen molar-refractivity contribution in [2.24, 2.45) is 5.84 Å². The summed E-state index contributed by atoms with van der Waals surface area (Å²) in [4.78, 5) is 4.04. The molecule has 17 heavy (non-hydrogen) atoms. The van der Waals surface area contributed by atoms with Crippen LogP contribution in [0.1, 0.15) is 26.2 Å². The monoisotopic (exact) mass is 256 g/mol. The van der Waals surface area contributed by atoms with E-state index in [1.165, 1.54) is 18.3 Å². The average Bonchev–Trinajstić information content (AvgIpc) is 2.26. The summed E-state index contributed by atoms with van der Waals surface area (Å²) in [5.74, 6) is 5.59. The molecule has 1 saturated carbocycles. The van der Waals surface area contributed by atoms with Gasteiger partial charge in [-0.1, -0.05) is 0 Å². The van der Waals surface area contributed by atoms with E-state index in [4.69, 9.17) is 5.84 Å². The van der Waals surface area contributed by atoms with Crippen LogP contribution in [0.15, 0.2) is 23.2 Å². The highest BCUT2D eigenvalue weighted by Crippen LogP contribution is 2.32. The van der Waals surface area contributed by atoms with Crippen LogP contribution in [0.4, 0.5) is 5.82 Å². The smallest absolute Gasteiger partial charge is 0.242 e. The molecule has 0 spiro atoms. The van der Waals surface area contributed by atoms with E-state index in [2.05, 4.69) is 15.1 Å². The maximum absolute atomic E-state index is 12.0. The highest BCUT2D eigenvalue weighted by atomic mass is 32.2. The van der Waals surface area contributed by atoms with Gasteiger partial charge in [0, 0.05) is 11.7 Å². The van der Waals surface area contributed by atoms with E-state index in [1.807, 2.05) is 6.92 Å². The van der Waals surface area contributed by atoms with E-state index >= 15 is 0 Å². The summed E-state index contributed by atoms with van der Waals surface area (Å²) in [6.07, 6.45) is 4.11. The molecule has 1 heterocycles. The third-order valence-corrected chi connectivity index (χ3v) is 4.66. The average molecular weight is 256 g/mol. The van der Waals surface area contributed by atoms with Gasteiger partial charge in [0.1, 0.15) is 10.7 Å². The van der Waals surface area contributed by atoms with Crippen molar-refractivity contribution in [2.45, 2.75) is 36.6 Å². The standard InChI is InChI=1S/C10H16N4O2S/c1-10(5-2-6-10)14-17(15,16)8-3-4-9(13-11)12-7-8/h3-4,7,14H,2,5-6,11H2,1H3,(H,12,13). The number of nitrogens with zero attached hydrogens (tertiary/aromatic N) is 1. The van der Waals surface area contributed by atoms with Crippen LogP contribution in [0.2, 0.25) is 0 Å². The minimum Gasteiger partial charge on any atom is -0.308 e. The molecule has 1 fully saturated rings. The topological polar surface area (TPSA) is 97.1 Å². The van der Waals surface area contributed by atoms with Crippen molar-refractivity contribution in [3.63, 3.8) is 0 Å². The SMILES string of the molecule is CC1(NS(=O)(=O)c2ccc(NN)nc2)CCC1. The third-order valence-electron chi connectivity index (χ3n) is 3.03. The van der Waals surface area contributed by atoms with Crippen molar-refractivity contribution >= 4 is 15.8 Å². The van der Waals surface area contributed by atoms with Crippen molar-refractivity contribution in [1.82, 2.24) is 9.71 Å². The molecule has 0 aliphatic heterocycles. The number of sulfonamides is 1. The van der Waals surface area contributed by atoms with Gasteiger partial charge < -0.3 is 5.43 Å². The Labute approximate surface area is 101 Å². The summed E-state index contributed by atoms with van der Waals surface area (Å²) < 4.78 is 26.8. The first-order chi connectivity index (χ1) is 7.95. The van der Waals surface area contributed by atoms with Gasteiger partial charge in [-0.05, 0) is 38.3 Å².